The molecule has 7 nitrogen and oxygen atoms in total. The van der Waals surface area contributed by atoms with Crippen LogP contribution in [0.3, 0.4) is 0 Å². The highest BCUT2D eigenvalue weighted by atomic mass is 19.1. The number of nitrogens with zero attached hydrogens (tertiary/aromatic N) is 5. The van der Waals surface area contributed by atoms with Crippen molar-refractivity contribution < 1.29 is 13.7 Å². The van der Waals surface area contributed by atoms with Gasteiger partial charge < -0.3 is 14.2 Å². The van der Waals surface area contributed by atoms with Gasteiger partial charge in [0, 0.05) is 44.4 Å². The van der Waals surface area contributed by atoms with Crippen LogP contribution in [0.25, 0.3) is 11.3 Å². The lowest BCUT2D eigenvalue weighted by Gasteiger charge is -2.35. The quantitative estimate of drug-likeness (QED) is 0.671. The van der Waals surface area contributed by atoms with Gasteiger partial charge in [0.2, 0.25) is 0 Å². The molecule has 0 atom stereocenters. The van der Waals surface area contributed by atoms with Crippen LogP contribution in [0, 0.1) is 12.7 Å². The predicted octanol–water partition coefficient (Wildman–Crippen LogP) is 2.91. The standard InChI is InChI=1S/C20H22FN5O2/c1-14-11-16(24-28-14)12-25-7-9-26(10-8-25)20-18(21)19(22-13-23-20)15-3-5-17(27-2)6-4-15/h3-6,11,13H,7-10,12H2,1-2H3. The van der Waals surface area contributed by atoms with Crippen LogP contribution in [0.2, 0.25) is 0 Å². The van der Waals surface area contributed by atoms with Crippen molar-refractivity contribution in [2.75, 3.05) is 38.2 Å². The number of rotatable bonds is 5. The van der Waals surface area contributed by atoms with Crippen LogP contribution < -0.4 is 9.64 Å². The van der Waals surface area contributed by atoms with E-state index in [1.807, 2.05) is 17.9 Å². The van der Waals surface area contributed by atoms with Crippen LogP contribution in [-0.4, -0.2) is 53.3 Å². The van der Waals surface area contributed by atoms with Crippen molar-refractivity contribution >= 4 is 5.82 Å². The molecular weight excluding hydrogens is 361 g/mol. The Morgan fingerprint density at radius 1 is 1.11 bits per heavy atom. The molecule has 1 saturated heterocycles. The van der Waals surface area contributed by atoms with E-state index in [0.717, 1.165) is 36.8 Å². The van der Waals surface area contributed by atoms with Crippen molar-refractivity contribution in [3.8, 4) is 17.0 Å². The fraction of sp³-hybridized carbons (Fsp3) is 0.350. The van der Waals surface area contributed by atoms with Crippen LogP contribution in [0.1, 0.15) is 11.5 Å². The van der Waals surface area contributed by atoms with Gasteiger partial charge >= 0.3 is 0 Å². The minimum atomic E-state index is -0.395. The van der Waals surface area contributed by atoms with Crippen molar-refractivity contribution in [3.63, 3.8) is 0 Å². The first-order valence-corrected chi connectivity index (χ1v) is 9.18. The molecule has 3 heterocycles. The van der Waals surface area contributed by atoms with E-state index in [1.54, 1.807) is 31.4 Å². The molecule has 1 aromatic carbocycles. The molecule has 3 aromatic rings. The van der Waals surface area contributed by atoms with Crippen LogP contribution >= 0.6 is 0 Å². The second-order valence-corrected chi connectivity index (χ2v) is 6.78. The number of aryl methyl sites for hydroxylation is 1. The lowest BCUT2D eigenvalue weighted by Crippen LogP contribution is -2.46. The number of anilines is 1. The Morgan fingerprint density at radius 3 is 2.50 bits per heavy atom. The summed E-state index contributed by atoms with van der Waals surface area (Å²) in [6.07, 6.45) is 1.42. The average molecular weight is 383 g/mol. The van der Waals surface area contributed by atoms with E-state index in [-0.39, 0.29) is 0 Å². The molecular formula is C20H22FN5O2. The summed E-state index contributed by atoms with van der Waals surface area (Å²) in [6, 6.07) is 9.12. The van der Waals surface area contributed by atoms with E-state index in [4.69, 9.17) is 9.26 Å². The first kappa shape index (κ1) is 18.4. The highest BCUT2D eigenvalue weighted by Gasteiger charge is 2.23. The zero-order chi connectivity index (χ0) is 19.5. The summed E-state index contributed by atoms with van der Waals surface area (Å²) in [5.74, 6) is 1.48. The summed E-state index contributed by atoms with van der Waals surface area (Å²) in [5.41, 5.74) is 1.91. The molecule has 0 unspecified atom stereocenters. The molecule has 0 radical (unpaired) electrons. The molecule has 8 heteroatoms. The van der Waals surface area contributed by atoms with Gasteiger partial charge in [-0.15, -0.1) is 0 Å². The van der Waals surface area contributed by atoms with Gasteiger partial charge in [-0.05, 0) is 31.2 Å². The number of piperazine rings is 1. The summed E-state index contributed by atoms with van der Waals surface area (Å²) in [5, 5.41) is 4.04. The smallest absolute Gasteiger partial charge is 0.191 e. The third kappa shape index (κ3) is 3.82. The zero-order valence-electron chi connectivity index (χ0n) is 15.9. The molecule has 1 aliphatic heterocycles. The molecule has 1 fully saturated rings. The third-order valence-corrected chi connectivity index (χ3v) is 4.87. The van der Waals surface area contributed by atoms with Crippen molar-refractivity contribution in [1.82, 2.24) is 20.0 Å². The van der Waals surface area contributed by atoms with Gasteiger partial charge in [0.05, 0.1) is 12.8 Å². The number of halogens is 1. The van der Waals surface area contributed by atoms with Crippen molar-refractivity contribution in [3.05, 3.63) is 53.9 Å². The molecule has 0 spiro atoms. The van der Waals surface area contributed by atoms with Gasteiger partial charge in [-0.2, -0.15) is 0 Å². The van der Waals surface area contributed by atoms with E-state index in [9.17, 15) is 0 Å². The van der Waals surface area contributed by atoms with Crippen LogP contribution in [0.4, 0.5) is 10.2 Å². The van der Waals surface area contributed by atoms with Crippen molar-refractivity contribution in [2.45, 2.75) is 13.5 Å². The summed E-state index contributed by atoms with van der Waals surface area (Å²) < 4.78 is 25.4. The summed E-state index contributed by atoms with van der Waals surface area (Å²) in [6.45, 7) is 5.58. The first-order chi connectivity index (χ1) is 13.6. The molecule has 0 saturated carbocycles. The first-order valence-electron chi connectivity index (χ1n) is 9.18. The highest BCUT2D eigenvalue weighted by molar-refractivity contribution is 5.64. The highest BCUT2D eigenvalue weighted by Crippen LogP contribution is 2.28. The zero-order valence-corrected chi connectivity index (χ0v) is 15.9. The van der Waals surface area contributed by atoms with Crippen LogP contribution in [-0.2, 0) is 6.54 Å². The van der Waals surface area contributed by atoms with Crippen LogP contribution in [0.5, 0.6) is 5.75 Å². The fourth-order valence-corrected chi connectivity index (χ4v) is 3.37. The minimum absolute atomic E-state index is 0.299. The normalized spacial score (nSPS) is 15.0. The Hall–Kier alpha value is -3.00. The molecule has 0 aliphatic carbocycles. The maximum atomic E-state index is 15.1. The Balaban J connectivity index is 1.46. The largest absolute Gasteiger partial charge is 0.497 e. The monoisotopic (exact) mass is 383 g/mol. The second kappa shape index (κ2) is 7.93. The maximum absolute atomic E-state index is 15.1. The van der Waals surface area contributed by atoms with Gasteiger partial charge in [0.15, 0.2) is 11.6 Å². The van der Waals surface area contributed by atoms with E-state index in [2.05, 4.69) is 20.0 Å². The molecule has 0 amide bonds. The van der Waals surface area contributed by atoms with Gasteiger partial charge in [0.1, 0.15) is 23.5 Å². The number of aromatic nitrogens is 3. The number of benzene rings is 1. The Labute approximate surface area is 162 Å². The van der Waals surface area contributed by atoms with E-state index in [0.29, 0.717) is 30.2 Å². The Bertz CT molecular complexity index is 936. The summed E-state index contributed by atoms with van der Waals surface area (Å²) >= 11 is 0. The van der Waals surface area contributed by atoms with Crippen LogP contribution in [0.15, 0.2) is 41.2 Å². The maximum Gasteiger partial charge on any atom is 0.191 e. The van der Waals surface area contributed by atoms with E-state index >= 15 is 4.39 Å². The van der Waals surface area contributed by atoms with E-state index in [1.165, 1.54) is 6.33 Å². The minimum Gasteiger partial charge on any atom is -0.497 e. The number of methoxy groups -OCH3 is 1. The van der Waals surface area contributed by atoms with Gasteiger partial charge in [-0.1, -0.05) is 5.16 Å². The molecule has 0 N–H and O–H groups in total. The Kier molecular flexibility index (Phi) is 5.21. The SMILES string of the molecule is COc1ccc(-c2ncnc(N3CCN(Cc4cc(C)on4)CC3)c2F)cc1. The van der Waals surface area contributed by atoms with Gasteiger partial charge in [0.25, 0.3) is 0 Å². The lowest BCUT2D eigenvalue weighted by molar-refractivity contribution is 0.240. The Morgan fingerprint density at radius 2 is 1.86 bits per heavy atom. The molecule has 28 heavy (non-hydrogen) atoms. The molecule has 1 aliphatic rings. The lowest BCUT2D eigenvalue weighted by atomic mass is 10.1. The topological polar surface area (TPSA) is 67.5 Å². The number of hydrogen-bond donors (Lipinski definition) is 0. The predicted molar refractivity (Wildman–Crippen MR) is 103 cm³/mol. The second-order valence-electron chi connectivity index (χ2n) is 6.78. The van der Waals surface area contributed by atoms with Crippen molar-refractivity contribution in [2.24, 2.45) is 0 Å². The average Bonchev–Trinajstić information content (AvgIpc) is 3.14. The van der Waals surface area contributed by atoms with Crippen molar-refractivity contribution in [1.29, 1.82) is 0 Å². The molecule has 146 valence electrons. The molecule has 4 rings (SSSR count). The summed E-state index contributed by atoms with van der Waals surface area (Å²) in [4.78, 5) is 12.6. The number of ether oxygens (including phenoxy) is 1. The third-order valence-electron chi connectivity index (χ3n) is 4.87. The molecule has 0 bridgehead atoms. The summed E-state index contributed by atoms with van der Waals surface area (Å²) in [7, 11) is 1.60. The molecule has 2 aromatic heterocycles. The number of hydrogen-bond acceptors (Lipinski definition) is 7. The van der Waals surface area contributed by atoms with Gasteiger partial charge in [-0.3, -0.25) is 4.90 Å². The fourth-order valence-electron chi connectivity index (χ4n) is 3.37. The van der Waals surface area contributed by atoms with E-state index < -0.39 is 5.82 Å². The van der Waals surface area contributed by atoms with Gasteiger partial charge in [-0.25, -0.2) is 14.4 Å².